The average molecular weight is 234 g/mol. The van der Waals surface area contributed by atoms with Crippen LogP contribution in [0, 0.1) is 12.8 Å². The van der Waals surface area contributed by atoms with Gasteiger partial charge >= 0.3 is 0 Å². The van der Waals surface area contributed by atoms with Gasteiger partial charge in [0.05, 0.1) is 0 Å². The number of pyridine rings is 1. The highest BCUT2D eigenvalue weighted by molar-refractivity contribution is 5.93. The molecule has 0 spiro atoms. The zero-order chi connectivity index (χ0) is 12.3. The van der Waals surface area contributed by atoms with E-state index in [9.17, 15) is 9.59 Å². The van der Waals surface area contributed by atoms with Crippen LogP contribution in [0.4, 0.5) is 0 Å². The van der Waals surface area contributed by atoms with Gasteiger partial charge in [0.25, 0.3) is 5.91 Å². The fourth-order valence-electron chi connectivity index (χ4n) is 1.85. The van der Waals surface area contributed by atoms with Crippen molar-refractivity contribution in [2.75, 3.05) is 6.54 Å². The largest absolute Gasteiger partial charge is 0.364 e. The van der Waals surface area contributed by atoms with Gasteiger partial charge in [-0.05, 0) is 25.7 Å². The Bertz CT molecular complexity index is 461. The number of H-pyrrole nitrogens is 1. The van der Waals surface area contributed by atoms with Crippen LogP contribution in [0.3, 0.4) is 0 Å². The van der Waals surface area contributed by atoms with Gasteiger partial charge in [0, 0.05) is 24.5 Å². The first-order valence-electron chi connectivity index (χ1n) is 6.14. The highest BCUT2D eigenvalue weighted by Crippen LogP contribution is 2.33. The molecular weight excluding hydrogens is 216 g/mol. The molecule has 1 aromatic rings. The second-order valence-electron chi connectivity index (χ2n) is 4.74. The minimum atomic E-state index is -0.276. The average Bonchev–Trinajstić information content (AvgIpc) is 3.08. The Balaban J connectivity index is 1.83. The van der Waals surface area contributed by atoms with Crippen molar-refractivity contribution in [3.63, 3.8) is 0 Å². The van der Waals surface area contributed by atoms with Crippen LogP contribution in [0.25, 0.3) is 0 Å². The molecule has 0 saturated heterocycles. The van der Waals surface area contributed by atoms with Crippen LogP contribution in [0.1, 0.15) is 41.7 Å². The molecule has 0 aliphatic heterocycles. The zero-order valence-corrected chi connectivity index (χ0v) is 10.1. The molecular formula is C13H18N2O2. The first kappa shape index (κ1) is 11.9. The normalized spacial score (nSPS) is 14.6. The molecule has 2 N–H and O–H groups in total. The third-order valence-corrected chi connectivity index (χ3v) is 3.07. The molecule has 0 radical (unpaired) electrons. The predicted octanol–water partition coefficient (Wildman–Crippen LogP) is 1.60. The number of hydrogen-bond acceptors (Lipinski definition) is 2. The Morgan fingerprint density at radius 3 is 2.94 bits per heavy atom. The Morgan fingerprint density at radius 2 is 2.29 bits per heavy atom. The van der Waals surface area contributed by atoms with E-state index in [1.54, 1.807) is 6.92 Å². The SMILES string of the molecule is Cc1cc(=O)c(C(=O)NCCCC2CC2)c[nH]1. The molecule has 0 atom stereocenters. The van der Waals surface area contributed by atoms with E-state index in [-0.39, 0.29) is 16.9 Å². The lowest BCUT2D eigenvalue weighted by Crippen LogP contribution is -2.29. The van der Waals surface area contributed by atoms with Gasteiger partial charge in [0.15, 0.2) is 5.43 Å². The van der Waals surface area contributed by atoms with E-state index in [1.807, 2.05) is 0 Å². The molecule has 4 nitrogen and oxygen atoms in total. The van der Waals surface area contributed by atoms with Crippen LogP contribution in [0.2, 0.25) is 0 Å². The number of carbonyl (C=O) groups excluding carboxylic acids is 1. The van der Waals surface area contributed by atoms with E-state index in [1.165, 1.54) is 31.5 Å². The fourth-order valence-corrected chi connectivity index (χ4v) is 1.85. The molecule has 0 unspecified atom stereocenters. The molecule has 1 heterocycles. The van der Waals surface area contributed by atoms with Crippen LogP contribution < -0.4 is 10.7 Å². The molecule has 0 bridgehead atoms. The van der Waals surface area contributed by atoms with Gasteiger partial charge in [0.1, 0.15) is 5.56 Å². The first-order valence-corrected chi connectivity index (χ1v) is 6.14. The molecule has 1 aliphatic rings. The summed E-state index contributed by atoms with van der Waals surface area (Å²) in [5.74, 6) is 0.608. The maximum atomic E-state index is 11.7. The Kier molecular flexibility index (Phi) is 3.61. The topological polar surface area (TPSA) is 62.0 Å². The summed E-state index contributed by atoms with van der Waals surface area (Å²) in [6.07, 6.45) is 6.34. The molecule has 1 fully saturated rings. The van der Waals surface area contributed by atoms with Gasteiger partial charge in [-0.2, -0.15) is 0 Å². The van der Waals surface area contributed by atoms with E-state index in [4.69, 9.17) is 0 Å². The van der Waals surface area contributed by atoms with Crippen molar-refractivity contribution in [3.05, 3.63) is 33.7 Å². The summed E-state index contributed by atoms with van der Waals surface area (Å²) < 4.78 is 0. The second kappa shape index (κ2) is 5.17. The number of hydrogen-bond donors (Lipinski definition) is 2. The molecule has 1 aromatic heterocycles. The second-order valence-corrected chi connectivity index (χ2v) is 4.74. The summed E-state index contributed by atoms with van der Waals surface area (Å²) in [5.41, 5.74) is 0.739. The maximum absolute atomic E-state index is 11.7. The molecule has 92 valence electrons. The molecule has 0 aromatic carbocycles. The van der Waals surface area contributed by atoms with E-state index in [2.05, 4.69) is 10.3 Å². The van der Waals surface area contributed by atoms with Crippen LogP contribution in [-0.4, -0.2) is 17.4 Å². The standard InChI is InChI=1S/C13H18N2O2/c1-9-7-12(16)11(8-15-9)13(17)14-6-2-3-10-4-5-10/h7-8,10H,2-6H2,1H3,(H,14,17)(H,15,16). The first-order chi connectivity index (χ1) is 8.16. The van der Waals surface area contributed by atoms with Gasteiger partial charge in [-0.1, -0.05) is 12.8 Å². The monoisotopic (exact) mass is 234 g/mol. The number of amides is 1. The van der Waals surface area contributed by atoms with E-state index in [0.717, 1.165) is 18.0 Å². The fraction of sp³-hybridized carbons (Fsp3) is 0.538. The number of rotatable bonds is 5. The highest BCUT2D eigenvalue weighted by atomic mass is 16.2. The highest BCUT2D eigenvalue weighted by Gasteiger charge is 2.20. The van der Waals surface area contributed by atoms with Gasteiger partial charge in [-0.25, -0.2) is 0 Å². The summed E-state index contributed by atoms with van der Waals surface area (Å²) in [4.78, 5) is 26.1. The van der Waals surface area contributed by atoms with Crippen LogP contribution in [-0.2, 0) is 0 Å². The van der Waals surface area contributed by atoms with E-state index < -0.39 is 0 Å². The molecule has 2 rings (SSSR count). The third kappa shape index (κ3) is 3.44. The Morgan fingerprint density at radius 1 is 1.53 bits per heavy atom. The summed E-state index contributed by atoms with van der Waals surface area (Å²) in [6.45, 7) is 2.45. The number of aromatic amines is 1. The zero-order valence-electron chi connectivity index (χ0n) is 10.1. The summed E-state index contributed by atoms with van der Waals surface area (Å²) >= 11 is 0. The third-order valence-electron chi connectivity index (χ3n) is 3.07. The summed E-state index contributed by atoms with van der Waals surface area (Å²) in [7, 11) is 0. The smallest absolute Gasteiger partial charge is 0.256 e. The van der Waals surface area contributed by atoms with Crippen molar-refractivity contribution in [1.82, 2.24) is 10.3 Å². The minimum Gasteiger partial charge on any atom is -0.364 e. The van der Waals surface area contributed by atoms with Crippen molar-refractivity contribution in [3.8, 4) is 0 Å². The van der Waals surface area contributed by atoms with Crippen molar-refractivity contribution in [2.45, 2.75) is 32.6 Å². The lowest BCUT2D eigenvalue weighted by molar-refractivity contribution is 0.0951. The molecule has 1 amide bonds. The van der Waals surface area contributed by atoms with Crippen molar-refractivity contribution in [1.29, 1.82) is 0 Å². The van der Waals surface area contributed by atoms with E-state index in [0.29, 0.717) is 6.54 Å². The Labute approximate surface area is 100 Å². The molecule has 1 aliphatic carbocycles. The lowest BCUT2D eigenvalue weighted by atomic mass is 10.2. The van der Waals surface area contributed by atoms with Crippen LogP contribution in [0.15, 0.2) is 17.1 Å². The quantitative estimate of drug-likeness (QED) is 0.760. The maximum Gasteiger partial charge on any atom is 0.256 e. The minimum absolute atomic E-state index is 0.196. The van der Waals surface area contributed by atoms with Gasteiger partial charge in [-0.15, -0.1) is 0 Å². The number of aromatic nitrogens is 1. The summed E-state index contributed by atoms with van der Waals surface area (Å²) in [5, 5.41) is 2.78. The number of carbonyl (C=O) groups is 1. The van der Waals surface area contributed by atoms with Crippen molar-refractivity contribution < 1.29 is 4.79 Å². The molecule has 17 heavy (non-hydrogen) atoms. The van der Waals surface area contributed by atoms with Crippen molar-refractivity contribution in [2.24, 2.45) is 5.92 Å². The van der Waals surface area contributed by atoms with Gasteiger partial charge in [-0.3, -0.25) is 9.59 Å². The van der Waals surface area contributed by atoms with Crippen LogP contribution >= 0.6 is 0 Å². The van der Waals surface area contributed by atoms with Crippen molar-refractivity contribution >= 4 is 5.91 Å². The van der Waals surface area contributed by atoms with E-state index >= 15 is 0 Å². The molecule has 4 heteroatoms. The van der Waals surface area contributed by atoms with Gasteiger partial charge in [0.2, 0.25) is 0 Å². The number of aryl methyl sites for hydroxylation is 1. The predicted molar refractivity (Wildman–Crippen MR) is 66.1 cm³/mol. The van der Waals surface area contributed by atoms with Crippen LogP contribution in [0.5, 0.6) is 0 Å². The molecule has 1 saturated carbocycles. The lowest BCUT2D eigenvalue weighted by Gasteiger charge is -2.04. The Hall–Kier alpha value is -1.58. The summed E-state index contributed by atoms with van der Waals surface area (Å²) in [6, 6.07) is 1.44. The van der Waals surface area contributed by atoms with Gasteiger partial charge < -0.3 is 10.3 Å². The number of nitrogens with one attached hydrogen (secondary N) is 2.